The van der Waals surface area contributed by atoms with E-state index in [4.69, 9.17) is 19.3 Å². The lowest BCUT2D eigenvalue weighted by Gasteiger charge is -2.23. The molecule has 1 amide bonds. The number of nitrogens with zero attached hydrogens (tertiary/aromatic N) is 2. The third kappa shape index (κ3) is 8.95. The van der Waals surface area contributed by atoms with E-state index in [2.05, 4.69) is 27.3 Å². The van der Waals surface area contributed by atoms with Crippen molar-refractivity contribution in [3.63, 3.8) is 0 Å². The number of hydrogen-bond donors (Lipinski definition) is 3. The zero-order chi connectivity index (χ0) is 31.4. The van der Waals surface area contributed by atoms with E-state index in [9.17, 15) is 24.1 Å². The molecule has 230 valence electrons. The van der Waals surface area contributed by atoms with Crippen molar-refractivity contribution in [2.75, 3.05) is 19.8 Å². The number of para-hydroxylation sites is 1. The smallest absolute Gasteiger partial charge is 0.459 e. The Morgan fingerprint density at radius 2 is 1.59 bits per heavy atom. The first-order valence-electron chi connectivity index (χ1n) is 14.1. The fraction of sp³-hybridized carbons (Fsp3) is 0.290. The van der Waals surface area contributed by atoms with Gasteiger partial charge in [0.1, 0.15) is 18.4 Å². The molecule has 1 aliphatic carbocycles. The number of fused-ring (bicyclic) bond motifs is 3. The maximum atomic E-state index is 13.5. The van der Waals surface area contributed by atoms with Crippen molar-refractivity contribution in [1.82, 2.24) is 10.4 Å². The van der Waals surface area contributed by atoms with Crippen LogP contribution in [-0.2, 0) is 23.4 Å². The highest BCUT2D eigenvalue weighted by atomic mass is 31.2. The molecule has 4 rings (SSSR count). The third-order valence-electron chi connectivity index (χ3n) is 6.91. The number of aliphatic carboxylic acids is 1. The van der Waals surface area contributed by atoms with Gasteiger partial charge in [0.05, 0.1) is 6.61 Å². The molecular formula is C31H33N4O8P. The fourth-order valence-electron chi connectivity index (χ4n) is 4.81. The van der Waals surface area contributed by atoms with Crippen LogP contribution in [0.1, 0.15) is 42.7 Å². The molecule has 0 spiro atoms. The number of carbonyl (C=O) groups is 3. The first kappa shape index (κ1) is 32.3. The summed E-state index contributed by atoms with van der Waals surface area (Å²) in [4.78, 5) is 38.5. The van der Waals surface area contributed by atoms with Crippen LogP contribution in [0, 0.1) is 0 Å². The molecule has 3 aromatic rings. The number of carbonyl (C=O) groups excluding carboxylic acids is 2. The first-order valence-corrected chi connectivity index (χ1v) is 15.6. The molecule has 2 unspecified atom stereocenters. The van der Waals surface area contributed by atoms with Crippen LogP contribution in [0.2, 0.25) is 0 Å². The molecule has 0 radical (unpaired) electrons. The van der Waals surface area contributed by atoms with Gasteiger partial charge >= 0.3 is 26.0 Å². The predicted molar refractivity (Wildman–Crippen MR) is 161 cm³/mol. The molecule has 2 atom stereocenters. The van der Waals surface area contributed by atoms with Crippen LogP contribution in [0.25, 0.3) is 16.7 Å². The third-order valence-corrected chi connectivity index (χ3v) is 8.51. The number of unbranched alkanes of at least 4 members (excludes halogenated alkanes) is 1. The molecule has 0 saturated heterocycles. The summed E-state index contributed by atoms with van der Waals surface area (Å²) in [7, 11) is -4.21. The number of amides is 1. The largest absolute Gasteiger partial charge is 0.480 e. The highest BCUT2D eigenvalue weighted by Crippen LogP contribution is 2.46. The van der Waals surface area contributed by atoms with Gasteiger partial charge in [0.2, 0.25) is 5.78 Å². The van der Waals surface area contributed by atoms with Gasteiger partial charge in [-0.3, -0.25) is 14.1 Å². The number of nitrogens with one attached hydrogen (secondary N) is 2. The zero-order valence-corrected chi connectivity index (χ0v) is 24.7. The van der Waals surface area contributed by atoms with E-state index in [1.807, 2.05) is 36.4 Å². The van der Waals surface area contributed by atoms with E-state index in [1.165, 1.54) is 12.1 Å². The lowest BCUT2D eigenvalue weighted by molar-refractivity contribution is -0.139. The fourth-order valence-corrected chi connectivity index (χ4v) is 6.38. The number of hydrogen-bond acceptors (Lipinski definition) is 7. The summed E-state index contributed by atoms with van der Waals surface area (Å²) in [6.07, 6.45) is 0.379. The van der Waals surface area contributed by atoms with Crippen molar-refractivity contribution in [2.24, 2.45) is 0 Å². The normalized spacial score (nSPS) is 13.8. The lowest BCUT2D eigenvalue weighted by Crippen LogP contribution is -2.37. The Hall–Kier alpha value is -4.60. The molecule has 0 saturated carbocycles. The van der Waals surface area contributed by atoms with E-state index in [0.717, 1.165) is 22.3 Å². The Labute approximate surface area is 254 Å². The van der Waals surface area contributed by atoms with Crippen LogP contribution in [0.15, 0.2) is 78.9 Å². The van der Waals surface area contributed by atoms with Crippen molar-refractivity contribution in [1.29, 1.82) is 0 Å². The van der Waals surface area contributed by atoms with Gasteiger partial charge in [-0.05, 0) is 53.6 Å². The molecule has 0 fully saturated rings. The Balaban J connectivity index is 1.24. The summed E-state index contributed by atoms with van der Waals surface area (Å²) in [6, 6.07) is 22.8. The van der Waals surface area contributed by atoms with Gasteiger partial charge in [-0.2, -0.15) is 9.88 Å². The summed E-state index contributed by atoms with van der Waals surface area (Å²) in [5.41, 5.74) is 13.0. The molecule has 3 aromatic carbocycles. The van der Waals surface area contributed by atoms with Crippen LogP contribution in [-0.4, -0.2) is 59.8 Å². The van der Waals surface area contributed by atoms with Crippen LogP contribution < -0.4 is 14.9 Å². The van der Waals surface area contributed by atoms with Gasteiger partial charge in [-0.15, -0.1) is 0 Å². The Bertz CT molecular complexity index is 1520. The molecule has 0 aromatic heterocycles. The Morgan fingerprint density at radius 3 is 2.23 bits per heavy atom. The van der Waals surface area contributed by atoms with Crippen molar-refractivity contribution in [3.05, 3.63) is 95.5 Å². The van der Waals surface area contributed by atoms with Crippen molar-refractivity contribution in [2.45, 2.75) is 37.6 Å². The Morgan fingerprint density at radius 1 is 0.955 bits per heavy atom. The lowest BCUT2D eigenvalue weighted by atomic mass is 9.98. The van der Waals surface area contributed by atoms with Crippen LogP contribution in [0.4, 0.5) is 4.79 Å². The number of Topliss-reactive ketones (excluding diaryl/α,β-unsaturated/α-hetero) is 1. The molecule has 1 aliphatic rings. The number of ketones is 1. The molecule has 12 nitrogen and oxygen atoms in total. The summed E-state index contributed by atoms with van der Waals surface area (Å²) in [5.74, 6) is -1.84. The zero-order valence-electron chi connectivity index (χ0n) is 23.8. The minimum absolute atomic E-state index is 0.0524. The molecule has 3 N–H and O–H groups in total. The predicted octanol–water partition coefficient (Wildman–Crippen LogP) is 5.20. The van der Waals surface area contributed by atoms with Crippen LogP contribution in [0.3, 0.4) is 0 Å². The number of rotatable bonds is 17. The standard InChI is InChI=1S/C31H33N4O8P/c32-34-20-22(36)16-17-29(30(37)38)35-44(40,43-23-10-2-1-3-11-23)42-19-9-8-18-33-31(39)41-21-28-26-14-6-4-12-24(26)25-13-5-7-15-27(25)28/h1-7,10-15,20,28-29H,8-9,16-19,21H2,(H,33,39)(H,35,40)(H,37,38). The topological polar surface area (TPSA) is 177 Å². The number of carboxylic acid groups (broad SMARTS) is 1. The second kappa shape index (κ2) is 15.7. The van der Waals surface area contributed by atoms with Crippen molar-refractivity contribution < 1.29 is 42.6 Å². The van der Waals surface area contributed by atoms with Gasteiger partial charge in [0.25, 0.3) is 0 Å². The Kier molecular flexibility index (Phi) is 11.6. The van der Waals surface area contributed by atoms with E-state index in [-0.39, 0.29) is 44.3 Å². The van der Waals surface area contributed by atoms with E-state index < -0.39 is 31.6 Å². The second-order valence-corrected chi connectivity index (χ2v) is 11.7. The minimum atomic E-state index is -4.21. The molecule has 0 bridgehead atoms. The summed E-state index contributed by atoms with van der Waals surface area (Å²) in [6.45, 7) is 0.382. The van der Waals surface area contributed by atoms with Gasteiger partial charge in [-0.1, -0.05) is 66.7 Å². The van der Waals surface area contributed by atoms with Gasteiger partial charge in [-0.25, -0.2) is 9.36 Å². The minimum Gasteiger partial charge on any atom is -0.480 e. The SMILES string of the molecule is [N-]=[N+]=CC(=O)CCC(NP(=O)(OCCCCNC(=O)OCC1c2ccccc2-c2ccccc21)Oc1ccccc1)C(=O)O. The molecule has 44 heavy (non-hydrogen) atoms. The van der Waals surface area contributed by atoms with Crippen molar-refractivity contribution in [3.8, 4) is 16.9 Å². The average Bonchev–Trinajstić information content (AvgIpc) is 3.34. The molecular weight excluding hydrogens is 587 g/mol. The maximum absolute atomic E-state index is 13.5. The number of carboxylic acids is 1. The van der Waals surface area contributed by atoms with Crippen LogP contribution >= 0.6 is 7.75 Å². The summed E-state index contributed by atoms with van der Waals surface area (Å²) < 4.78 is 30.1. The molecule has 0 heterocycles. The van der Waals surface area contributed by atoms with E-state index in [1.54, 1.807) is 18.2 Å². The summed E-state index contributed by atoms with van der Waals surface area (Å²) in [5, 5.41) is 14.7. The van der Waals surface area contributed by atoms with Gasteiger partial charge < -0.3 is 25.2 Å². The van der Waals surface area contributed by atoms with E-state index >= 15 is 0 Å². The maximum Gasteiger partial charge on any atom is 0.459 e. The number of benzene rings is 3. The van der Waals surface area contributed by atoms with Crippen LogP contribution in [0.5, 0.6) is 5.75 Å². The quantitative estimate of drug-likeness (QED) is 0.0602. The first-order chi connectivity index (χ1) is 21.3. The monoisotopic (exact) mass is 620 g/mol. The molecule has 13 heteroatoms. The average molecular weight is 621 g/mol. The van der Waals surface area contributed by atoms with E-state index in [0.29, 0.717) is 19.1 Å². The van der Waals surface area contributed by atoms with Gasteiger partial charge in [0, 0.05) is 18.9 Å². The summed E-state index contributed by atoms with van der Waals surface area (Å²) >= 11 is 0. The highest BCUT2D eigenvalue weighted by molar-refractivity contribution is 7.52. The number of alkyl carbamates (subject to hydrolysis) is 1. The molecule has 0 aliphatic heterocycles. The highest BCUT2D eigenvalue weighted by Gasteiger charge is 2.34. The second-order valence-electron chi connectivity index (χ2n) is 9.96. The van der Waals surface area contributed by atoms with Gasteiger partial charge in [0.15, 0.2) is 0 Å². The number of ether oxygens (including phenoxy) is 1. The van der Waals surface area contributed by atoms with Crippen molar-refractivity contribution >= 4 is 31.8 Å².